The second-order valence-corrected chi connectivity index (χ2v) is 15.9. The summed E-state index contributed by atoms with van der Waals surface area (Å²) in [7, 11) is 0. The van der Waals surface area contributed by atoms with Crippen molar-refractivity contribution >= 4 is 24.3 Å². The van der Waals surface area contributed by atoms with Gasteiger partial charge in [0, 0.05) is 48.7 Å². The first-order chi connectivity index (χ1) is 21.2. The molecule has 2 aromatic rings. The van der Waals surface area contributed by atoms with E-state index in [9.17, 15) is 0 Å². The predicted molar refractivity (Wildman–Crippen MR) is 178 cm³/mol. The van der Waals surface area contributed by atoms with Crippen molar-refractivity contribution in [3.8, 4) is 0 Å². The van der Waals surface area contributed by atoms with E-state index in [1.54, 1.807) is 0 Å². The predicted octanol–water partition coefficient (Wildman–Crippen LogP) is 0.670. The lowest BCUT2D eigenvalue weighted by atomic mass is 9.63. The standard InChI is InChI=1S/2C15H23BN2O2.C4H8O/c2*1-14(2)15(3,4)20-16(19-14)12-8-6-5-7-11(12)13-17-9-10-18(13)16;1-2-4-5-3-1/h2*5-8,13,17-18H,9-10H2,1-4H3;1-4H2/t2*13-;/m11./s1. The van der Waals surface area contributed by atoms with Crippen LogP contribution in [-0.4, -0.2) is 75.2 Å². The molecule has 45 heavy (non-hydrogen) atoms. The Kier molecular flexibility index (Phi) is 7.68. The van der Waals surface area contributed by atoms with Crippen molar-refractivity contribution in [2.24, 2.45) is 0 Å². The minimum absolute atomic E-state index is 0.287. The SMILES string of the molecule is C1CCOC1.CC1(C)O[B-]2(OC1(C)C)c1ccccc1[C@@H]1NCC[NH+]12.CC1(C)O[B-]2(OC1(C)C)c1ccccc1[C@@H]1NCC[NH+]12. The molecule has 0 saturated carbocycles. The van der Waals surface area contributed by atoms with Gasteiger partial charge in [-0.2, -0.15) is 0 Å². The van der Waals surface area contributed by atoms with Gasteiger partial charge < -0.3 is 33.0 Å². The Morgan fingerprint density at radius 2 is 0.933 bits per heavy atom. The van der Waals surface area contributed by atoms with Crippen LogP contribution in [0.2, 0.25) is 0 Å². The van der Waals surface area contributed by atoms with Gasteiger partial charge in [0.2, 0.25) is 0 Å². The second-order valence-electron chi connectivity index (χ2n) is 15.9. The van der Waals surface area contributed by atoms with Crippen LogP contribution >= 0.6 is 0 Å². The highest BCUT2D eigenvalue weighted by Crippen LogP contribution is 2.43. The molecule has 0 radical (unpaired) electrons. The molecule has 7 aliphatic heterocycles. The van der Waals surface area contributed by atoms with E-state index in [-0.39, 0.29) is 22.4 Å². The van der Waals surface area contributed by atoms with E-state index in [1.807, 2.05) is 0 Å². The number of ether oxygens (including phenoxy) is 1. The summed E-state index contributed by atoms with van der Waals surface area (Å²) in [6.07, 6.45) is 3.19. The first-order valence-electron chi connectivity index (χ1n) is 17.3. The van der Waals surface area contributed by atoms with Crippen molar-refractivity contribution in [1.29, 1.82) is 0 Å². The van der Waals surface area contributed by atoms with E-state index in [0.717, 1.165) is 39.4 Å². The van der Waals surface area contributed by atoms with E-state index in [0.29, 0.717) is 12.3 Å². The van der Waals surface area contributed by atoms with Gasteiger partial charge in [-0.25, -0.2) is 0 Å². The fourth-order valence-electron chi connectivity index (χ4n) is 8.69. The van der Waals surface area contributed by atoms with Gasteiger partial charge in [0.1, 0.15) is 12.3 Å². The normalized spacial score (nSPS) is 34.0. The Labute approximate surface area is 269 Å². The largest absolute Gasteiger partial charge is 0.503 e. The first kappa shape index (κ1) is 31.8. The van der Waals surface area contributed by atoms with E-state index in [1.165, 1.54) is 44.5 Å². The molecular weight excluding hydrogens is 566 g/mol. The Hall–Kier alpha value is -1.79. The maximum atomic E-state index is 6.62. The molecule has 4 N–H and O–H groups in total. The summed E-state index contributed by atoms with van der Waals surface area (Å²) in [5, 5.41) is 7.20. The molecule has 0 amide bonds. The lowest BCUT2D eigenvalue weighted by molar-refractivity contribution is -0.829. The van der Waals surface area contributed by atoms with Crippen LogP contribution in [0.25, 0.3) is 0 Å². The van der Waals surface area contributed by atoms with Gasteiger partial charge in [-0.1, -0.05) is 59.5 Å². The van der Waals surface area contributed by atoms with Crippen molar-refractivity contribution in [2.75, 3.05) is 39.4 Å². The number of hydrogen-bond acceptors (Lipinski definition) is 7. The summed E-state index contributed by atoms with van der Waals surface area (Å²) in [5.41, 5.74) is 4.03. The topological polar surface area (TPSA) is 79.1 Å². The Morgan fingerprint density at radius 3 is 1.27 bits per heavy atom. The number of nitrogens with one attached hydrogen (secondary N) is 4. The van der Waals surface area contributed by atoms with Gasteiger partial charge in [0.05, 0.1) is 13.1 Å². The minimum Gasteiger partial charge on any atom is -0.503 e. The zero-order valence-electron chi connectivity index (χ0n) is 28.6. The highest BCUT2D eigenvalue weighted by Gasteiger charge is 2.67. The highest BCUT2D eigenvalue weighted by atomic mass is 16.7. The molecule has 2 aromatic carbocycles. The molecule has 4 atom stereocenters. The average Bonchev–Trinajstić information content (AvgIpc) is 3.82. The molecule has 0 aliphatic carbocycles. The van der Waals surface area contributed by atoms with Crippen LogP contribution in [0.5, 0.6) is 0 Å². The van der Waals surface area contributed by atoms with Crippen LogP contribution in [0.3, 0.4) is 0 Å². The fourth-order valence-corrected chi connectivity index (χ4v) is 8.69. The zero-order valence-corrected chi connectivity index (χ0v) is 28.6. The van der Waals surface area contributed by atoms with Crippen molar-refractivity contribution in [3.63, 3.8) is 0 Å². The summed E-state index contributed by atoms with van der Waals surface area (Å²) < 4.78 is 31.4. The second kappa shape index (κ2) is 10.9. The number of quaternary nitrogens is 2. The van der Waals surface area contributed by atoms with Crippen molar-refractivity contribution in [1.82, 2.24) is 10.6 Å². The third-order valence-corrected chi connectivity index (χ3v) is 12.2. The van der Waals surface area contributed by atoms with Crippen molar-refractivity contribution < 1.29 is 33.0 Å². The van der Waals surface area contributed by atoms with Gasteiger partial charge in [-0.05, 0) is 79.4 Å². The number of hydrogen-bond donors (Lipinski definition) is 4. The molecule has 5 saturated heterocycles. The van der Waals surface area contributed by atoms with Gasteiger partial charge in [0.25, 0.3) is 0 Å². The smallest absolute Gasteiger partial charge is 0.503 e. The molecule has 0 bridgehead atoms. The monoisotopic (exact) mass is 620 g/mol. The van der Waals surface area contributed by atoms with Gasteiger partial charge in [-0.15, -0.1) is 0 Å². The molecule has 5 fully saturated rings. The molecule has 2 unspecified atom stereocenters. The van der Waals surface area contributed by atoms with E-state index in [4.69, 9.17) is 23.4 Å². The molecule has 7 heterocycles. The van der Waals surface area contributed by atoms with E-state index in [2.05, 4.69) is 115 Å². The van der Waals surface area contributed by atoms with Crippen LogP contribution in [0.15, 0.2) is 48.5 Å². The van der Waals surface area contributed by atoms with Gasteiger partial charge >= 0.3 is 13.4 Å². The average molecular weight is 620 g/mol. The van der Waals surface area contributed by atoms with Gasteiger partial charge in [0.15, 0.2) is 0 Å². The Morgan fingerprint density at radius 1 is 0.578 bits per heavy atom. The number of benzene rings is 2. The third kappa shape index (κ3) is 4.80. The molecule has 0 aromatic heterocycles. The Balaban J connectivity index is 0.000000125. The maximum Gasteiger partial charge on any atom is 0.503 e. The summed E-state index contributed by atoms with van der Waals surface area (Å²) >= 11 is 0. The molecule has 9 nitrogen and oxygen atoms in total. The van der Waals surface area contributed by atoms with E-state index >= 15 is 0 Å². The molecule has 11 heteroatoms. The summed E-state index contributed by atoms with van der Waals surface area (Å²) in [5.74, 6) is 0. The van der Waals surface area contributed by atoms with Crippen molar-refractivity contribution in [2.45, 2.75) is 103 Å². The minimum atomic E-state index is -1.46. The summed E-state index contributed by atoms with van der Waals surface area (Å²) in [6.45, 7) is 20.3. The van der Waals surface area contributed by atoms with Crippen LogP contribution < -0.4 is 31.2 Å². The highest BCUT2D eigenvalue weighted by molar-refractivity contribution is 6.76. The van der Waals surface area contributed by atoms with Crippen LogP contribution in [0, 0.1) is 0 Å². The zero-order chi connectivity index (χ0) is 31.9. The lowest BCUT2D eigenvalue weighted by Gasteiger charge is -2.37. The summed E-state index contributed by atoms with van der Waals surface area (Å²) in [4.78, 5) is 2.81. The quantitative estimate of drug-likeness (QED) is 0.323. The lowest BCUT2D eigenvalue weighted by Crippen LogP contribution is -3.22. The fraction of sp³-hybridized carbons (Fsp3) is 0.647. The van der Waals surface area contributed by atoms with E-state index < -0.39 is 13.4 Å². The molecule has 2 spiro atoms. The van der Waals surface area contributed by atoms with Crippen LogP contribution in [0.1, 0.15) is 91.7 Å². The third-order valence-electron chi connectivity index (χ3n) is 12.2. The molecular formula is C34H54B2N4O5. The van der Waals surface area contributed by atoms with Crippen LogP contribution in [-0.2, 0) is 23.4 Å². The molecule has 9 rings (SSSR count). The summed E-state index contributed by atoms with van der Waals surface area (Å²) in [6, 6.07) is 17.2. The molecule has 7 aliphatic rings. The Bertz CT molecular complexity index is 1290. The van der Waals surface area contributed by atoms with Crippen molar-refractivity contribution in [3.05, 3.63) is 59.7 Å². The van der Waals surface area contributed by atoms with Gasteiger partial charge in [-0.3, -0.25) is 10.6 Å². The molecule has 246 valence electrons. The number of fused-ring (bicyclic) bond motifs is 10. The number of rotatable bonds is 0. The van der Waals surface area contributed by atoms with Crippen LogP contribution in [0.4, 0.5) is 0 Å². The first-order valence-corrected chi connectivity index (χ1v) is 17.3. The maximum absolute atomic E-state index is 6.62.